The van der Waals surface area contributed by atoms with Gasteiger partial charge in [-0.1, -0.05) is 26.2 Å². The molecule has 0 saturated heterocycles. The van der Waals surface area contributed by atoms with Gasteiger partial charge in [-0.15, -0.1) is 5.28 Å². The van der Waals surface area contributed by atoms with Gasteiger partial charge >= 0.3 is 0 Å². The summed E-state index contributed by atoms with van der Waals surface area (Å²) in [5, 5.41) is 1.49. The minimum absolute atomic E-state index is 0. The maximum absolute atomic E-state index is 2.25. The molecule has 0 bridgehead atoms. The van der Waals surface area contributed by atoms with Crippen LogP contribution in [0, 0.1) is 0 Å². The molecule has 0 radical (unpaired) electrons. The maximum Gasteiger partial charge on any atom is 0.211 e. The molecule has 0 aliphatic heterocycles. The van der Waals surface area contributed by atoms with Gasteiger partial charge in [-0.25, -0.2) is 0 Å². The molecule has 0 aliphatic carbocycles. The first-order valence-corrected chi connectivity index (χ1v) is 4.33. The molecule has 0 atom stereocenters. The van der Waals surface area contributed by atoms with E-state index in [1.165, 1.54) is 40.8 Å². The molecule has 38 valence electrons. The van der Waals surface area contributed by atoms with Crippen LogP contribution >= 0.6 is 0 Å². The summed E-state index contributed by atoms with van der Waals surface area (Å²) in [5.41, 5.74) is 0. The Bertz CT molecular complexity index is 20.0. The largest absolute Gasteiger partial charge is 0.211 e. The minimum atomic E-state index is 0. The van der Waals surface area contributed by atoms with Crippen LogP contribution in [0.4, 0.5) is 0 Å². The first-order chi connectivity index (χ1) is 2.91. The second-order valence-corrected chi connectivity index (χ2v) is 2.71. The smallest absolute Gasteiger partial charge is 0.101 e. The second-order valence-electron chi connectivity index (χ2n) is 1.71. The Hall–Kier alpha value is 0.532. The van der Waals surface area contributed by atoms with E-state index in [4.69, 9.17) is 0 Å². The Morgan fingerprint density at radius 3 is 2.33 bits per heavy atom. The van der Waals surface area contributed by atoms with E-state index < -0.39 is 0 Å². The van der Waals surface area contributed by atoms with Crippen molar-refractivity contribution in [2.24, 2.45) is 0 Å². The van der Waals surface area contributed by atoms with Gasteiger partial charge in [0, 0.05) is 1.43 Å². The highest BCUT2D eigenvalue weighted by molar-refractivity contribution is 6.08. The van der Waals surface area contributed by atoms with Gasteiger partial charge in [-0.3, -0.25) is 0 Å². The molecule has 0 spiro atoms. The van der Waals surface area contributed by atoms with Crippen molar-refractivity contribution in [3.8, 4) is 0 Å². The topological polar surface area (TPSA) is 0 Å². The van der Waals surface area contributed by atoms with Gasteiger partial charge in [0.2, 0.25) is 16.3 Å². The van der Waals surface area contributed by atoms with Crippen molar-refractivity contribution in [1.82, 2.24) is 0 Å². The Kier molecular flexibility index (Phi) is 6.02. The average molecular weight is 102 g/mol. The van der Waals surface area contributed by atoms with Gasteiger partial charge in [-0.2, -0.15) is 0 Å². The van der Waals surface area contributed by atoms with Crippen molar-refractivity contribution in [2.75, 3.05) is 0 Å². The maximum atomic E-state index is 2.25. The summed E-state index contributed by atoms with van der Waals surface area (Å²) >= 11 is 1.40. The Morgan fingerprint density at radius 1 is 1.50 bits per heavy atom. The fourth-order valence-corrected chi connectivity index (χ4v) is 1.000. The van der Waals surface area contributed by atoms with E-state index >= 15 is 0 Å². The lowest BCUT2D eigenvalue weighted by atomic mass is 10.3. The third-order valence-corrected chi connectivity index (χ3v) is 1.66. The molecule has 6 heavy (non-hydrogen) atoms. The molecule has 0 aliphatic rings. The van der Waals surface area contributed by atoms with E-state index in [1.54, 1.807) is 0 Å². The van der Waals surface area contributed by atoms with Gasteiger partial charge in [-0.05, 0) is 0 Å². The molecule has 0 aromatic carbocycles. The van der Waals surface area contributed by atoms with E-state index in [0.29, 0.717) is 0 Å². The van der Waals surface area contributed by atoms with Crippen LogP contribution in [0.5, 0.6) is 0 Å². The lowest BCUT2D eigenvalue weighted by Crippen LogP contribution is -1.69. The summed E-state index contributed by atoms with van der Waals surface area (Å²) in [5.74, 6) is 0. The van der Waals surface area contributed by atoms with Crippen molar-refractivity contribution in [3.63, 3.8) is 0 Å². The summed E-state index contributed by atoms with van der Waals surface area (Å²) < 4.78 is 0. The van der Waals surface area contributed by atoms with Crippen LogP contribution in [-0.4, -0.2) is 16.3 Å². The molecule has 0 fully saturated rings. The molecule has 0 heterocycles. The third-order valence-electron chi connectivity index (χ3n) is 0.957. The summed E-state index contributed by atoms with van der Waals surface area (Å²) in [6, 6.07) is 0. The molecule has 0 N–H and O–H groups in total. The SMILES string of the molecule is CCCC[CH2][AlH2].[HH]. The van der Waals surface area contributed by atoms with Crippen molar-refractivity contribution < 1.29 is 1.43 Å². The van der Waals surface area contributed by atoms with Crippen molar-refractivity contribution in [2.45, 2.75) is 31.5 Å². The molecule has 0 saturated carbocycles. The molecular weight excluding hydrogens is 87.0 g/mol. The lowest BCUT2D eigenvalue weighted by molar-refractivity contribution is 0.771. The quantitative estimate of drug-likeness (QED) is 0.374. The van der Waals surface area contributed by atoms with Gasteiger partial charge in [0.05, 0.1) is 0 Å². The number of rotatable bonds is 3. The van der Waals surface area contributed by atoms with Crippen LogP contribution in [-0.2, 0) is 0 Å². The molecule has 0 nitrogen and oxygen atoms in total. The molecule has 0 aromatic rings. The predicted molar refractivity (Wildman–Crippen MR) is 35.0 cm³/mol. The summed E-state index contributed by atoms with van der Waals surface area (Å²) in [4.78, 5) is 0. The van der Waals surface area contributed by atoms with E-state index in [-0.39, 0.29) is 1.43 Å². The van der Waals surface area contributed by atoms with E-state index in [0.717, 1.165) is 0 Å². The van der Waals surface area contributed by atoms with Crippen LogP contribution < -0.4 is 0 Å². The van der Waals surface area contributed by atoms with Crippen molar-refractivity contribution in [1.29, 1.82) is 0 Å². The van der Waals surface area contributed by atoms with Crippen molar-refractivity contribution >= 4 is 16.3 Å². The van der Waals surface area contributed by atoms with Gasteiger partial charge in [0.25, 0.3) is 0 Å². The highest BCUT2D eigenvalue weighted by atomic mass is 27.0. The number of hydrogen-bond acceptors (Lipinski definition) is 0. The van der Waals surface area contributed by atoms with Crippen LogP contribution in [0.25, 0.3) is 0 Å². The molecule has 0 unspecified atom stereocenters. The molecule has 0 rings (SSSR count). The summed E-state index contributed by atoms with van der Waals surface area (Å²) in [7, 11) is 0. The molecule has 0 amide bonds. The zero-order valence-electron chi connectivity index (χ0n) is 4.83. The Morgan fingerprint density at radius 2 is 2.17 bits per heavy atom. The van der Waals surface area contributed by atoms with E-state index in [2.05, 4.69) is 6.92 Å². The first-order valence-electron chi connectivity index (χ1n) is 2.91. The molecular formula is C5H15Al. The van der Waals surface area contributed by atoms with Crippen LogP contribution in [0.15, 0.2) is 0 Å². The highest BCUT2D eigenvalue weighted by Gasteiger charge is 1.76. The number of unbranched alkanes of at least 4 members (excludes halogenated alkanes) is 2. The highest BCUT2D eigenvalue weighted by Crippen LogP contribution is 1.94. The van der Waals surface area contributed by atoms with E-state index in [1.807, 2.05) is 0 Å². The standard InChI is InChI=1S/C5H11.Al.H2.2H/c1-3-5-4-2;;;;/h1,3-5H2,2H3;;1H;;. The fraction of sp³-hybridized carbons (Fsp3) is 1.00. The Labute approximate surface area is 49.8 Å². The molecule has 0 aromatic heterocycles. The van der Waals surface area contributed by atoms with Crippen LogP contribution in [0.2, 0.25) is 5.28 Å². The Balaban J connectivity index is 0. The van der Waals surface area contributed by atoms with Gasteiger partial charge < -0.3 is 0 Å². The fourth-order valence-electron chi connectivity index (χ4n) is 0.500. The minimum Gasteiger partial charge on any atom is -0.101 e. The number of hydrogen-bond donors (Lipinski definition) is 0. The van der Waals surface area contributed by atoms with Gasteiger partial charge in [0.1, 0.15) is 0 Å². The molecule has 1 heteroatoms. The summed E-state index contributed by atoms with van der Waals surface area (Å²) in [6.07, 6.45) is 4.30. The zero-order chi connectivity index (χ0) is 4.83. The second kappa shape index (κ2) is 5.53. The summed E-state index contributed by atoms with van der Waals surface area (Å²) in [6.45, 7) is 2.25. The lowest BCUT2D eigenvalue weighted by Gasteiger charge is -1.86. The first kappa shape index (κ1) is 6.53. The van der Waals surface area contributed by atoms with Crippen LogP contribution in [0.3, 0.4) is 0 Å². The predicted octanol–water partition coefficient (Wildman–Crippen LogP) is 1.47. The van der Waals surface area contributed by atoms with Crippen LogP contribution in [0.1, 0.15) is 27.6 Å². The zero-order valence-corrected chi connectivity index (χ0v) is 6.83. The monoisotopic (exact) mass is 102 g/mol. The van der Waals surface area contributed by atoms with Crippen molar-refractivity contribution in [3.05, 3.63) is 0 Å². The third kappa shape index (κ3) is 4.53. The van der Waals surface area contributed by atoms with Gasteiger partial charge in [0.15, 0.2) is 0 Å². The van der Waals surface area contributed by atoms with E-state index in [9.17, 15) is 0 Å². The normalized spacial score (nSPS) is 8.83. The average Bonchev–Trinajstić information content (AvgIpc) is 1.61.